The van der Waals surface area contributed by atoms with Crippen LogP contribution < -0.4 is 4.90 Å². The van der Waals surface area contributed by atoms with Crippen LogP contribution in [0.25, 0.3) is 0 Å². The van der Waals surface area contributed by atoms with E-state index in [0.717, 1.165) is 15.7 Å². The van der Waals surface area contributed by atoms with Crippen molar-refractivity contribution < 1.29 is 8.42 Å². The monoisotopic (exact) mass is 428 g/mol. The molecule has 0 atom stereocenters. The van der Waals surface area contributed by atoms with Gasteiger partial charge in [-0.15, -0.1) is 0 Å². The van der Waals surface area contributed by atoms with Crippen molar-refractivity contribution in [3.8, 4) is 0 Å². The first-order valence-electron chi connectivity index (χ1n) is 7.65. The summed E-state index contributed by atoms with van der Waals surface area (Å²) in [6.45, 7) is 4.25. The molecule has 0 aromatic heterocycles. The summed E-state index contributed by atoms with van der Waals surface area (Å²) in [5, 5.41) is 0.694. The molecule has 1 saturated heterocycles. The Morgan fingerprint density at radius 2 is 1.75 bits per heavy atom. The first-order chi connectivity index (χ1) is 11.4. The maximum Gasteiger partial charge on any atom is 0.243 e. The number of nitrogens with zero attached hydrogens (tertiary/aromatic N) is 2. The third-order valence-electron chi connectivity index (χ3n) is 4.18. The lowest BCUT2D eigenvalue weighted by atomic mass is 10.1. The molecule has 1 heterocycles. The van der Waals surface area contributed by atoms with Crippen molar-refractivity contribution in [3.05, 3.63) is 57.5 Å². The average molecular weight is 430 g/mol. The van der Waals surface area contributed by atoms with Crippen molar-refractivity contribution in [3.63, 3.8) is 0 Å². The lowest BCUT2D eigenvalue weighted by Gasteiger charge is -2.36. The summed E-state index contributed by atoms with van der Waals surface area (Å²) in [7, 11) is -3.46. The summed E-state index contributed by atoms with van der Waals surface area (Å²) >= 11 is 9.42. The SMILES string of the molecule is Cc1ccc(Cl)cc1N1CCN(S(=O)(=O)c2cccc(Br)c2)CC1. The zero-order chi connectivity index (χ0) is 17.3. The molecule has 0 saturated carbocycles. The Labute approximate surface area is 156 Å². The van der Waals surface area contributed by atoms with Crippen LogP contribution >= 0.6 is 27.5 Å². The van der Waals surface area contributed by atoms with Gasteiger partial charge in [-0.1, -0.05) is 39.7 Å². The lowest BCUT2D eigenvalue weighted by Crippen LogP contribution is -2.48. The largest absolute Gasteiger partial charge is 0.369 e. The molecule has 0 bridgehead atoms. The summed E-state index contributed by atoms with van der Waals surface area (Å²) < 4.78 is 27.8. The van der Waals surface area contributed by atoms with Gasteiger partial charge < -0.3 is 4.90 Å². The van der Waals surface area contributed by atoms with Crippen LogP contribution in [0.1, 0.15) is 5.56 Å². The Morgan fingerprint density at radius 3 is 2.42 bits per heavy atom. The maximum atomic E-state index is 12.8. The van der Waals surface area contributed by atoms with E-state index in [0.29, 0.717) is 36.1 Å². The molecule has 2 aromatic rings. The smallest absolute Gasteiger partial charge is 0.243 e. The van der Waals surface area contributed by atoms with Crippen LogP contribution in [0.5, 0.6) is 0 Å². The Hall–Kier alpha value is -1.08. The minimum atomic E-state index is -3.46. The van der Waals surface area contributed by atoms with Crippen LogP contribution in [0.4, 0.5) is 5.69 Å². The van der Waals surface area contributed by atoms with E-state index in [9.17, 15) is 8.42 Å². The van der Waals surface area contributed by atoms with E-state index in [1.54, 1.807) is 22.5 Å². The molecule has 3 rings (SSSR count). The van der Waals surface area contributed by atoms with Crippen LogP contribution in [0.2, 0.25) is 5.02 Å². The first kappa shape index (κ1) is 17.7. The third kappa shape index (κ3) is 3.61. The number of piperazine rings is 1. The van der Waals surface area contributed by atoms with Gasteiger partial charge in [0.25, 0.3) is 0 Å². The highest BCUT2D eigenvalue weighted by Gasteiger charge is 2.29. The molecule has 0 aliphatic carbocycles. The van der Waals surface area contributed by atoms with Gasteiger partial charge in [0, 0.05) is 41.4 Å². The van der Waals surface area contributed by atoms with Gasteiger partial charge in [-0.2, -0.15) is 4.31 Å². The molecule has 1 fully saturated rings. The van der Waals surface area contributed by atoms with Crippen LogP contribution in [0, 0.1) is 6.92 Å². The number of anilines is 1. The normalized spacial score (nSPS) is 16.4. The molecule has 0 spiro atoms. The second kappa shape index (κ2) is 7.04. The predicted molar refractivity (Wildman–Crippen MR) is 101 cm³/mol. The van der Waals surface area contributed by atoms with Gasteiger partial charge in [0.05, 0.1) is 4.90 Å². The molecular formula is C17H18BrClN2O2S. The minimum Gasteiger partial charge on any atom is -0.369 e. The summed E-state index contributed by atoms with van der Waals surface area (Å²) in [5.74, 6) is 0. The Kier molecular flexibility index (Phi) is 5.20. The predicted octanol–water partition coefficient (Wildman–Crippen LogP) is 3.92. The number of sulfonamides is 1. The highest BCUT2D eigenvalue weighted by molar-refractivity contribution is 9.10. The maximum absolute atomic E-state index is 12.8. The van der Waals surface area contributed by atoms with Gasteiger partial charge in [0.15, 0.2) is 0 Å². The van der Waals surface area contributed by atoms with Crippen LogP contribution in [0.15, 0.2) is 51.8 Å². The Balaban J connectivity index is 1.76. The highest BCUT2D eigenvalue weighted by Crippen LogP contribution is 2.27. The van der Waals surface area contributed by atoms with Gasteiger partial charge in [-0.3, -0.25) is 0 Å². The van der Waals surface area contributed by atoms with Gasteiger partial charge in [-0.25, -0.2) is 8.42 Å². The van der Waals surface area contributed by atoms with E-state index in [1.807, 2.05) is 31.2 Å². The molecule has 7 heteroatoms. The van der Waals surface area contributed by atoms with Crippen molar-refractivity contribution in [1.82, 2.24) is 4.31 Å². The molecule has 4 nitrogen and oxygen atoms in total. The van der Waals surface area contributed by atoms with Crippen molar-refractivity contribution in [2.24, 2.45) is 0 Å². The number of hydrogen-bond acceptors (Lipinski definition) is 3. The second-order valence-electron chi connectivity index (χ2n) is 5.78. The van der Waals surface area contributed by atoms with E-state index in [1.165, 1.54) is 0 Å². The molecule has 0 radical (unpaired) electrons. The molecule has 2 aromatic carbocycles. The zero-order valence-corrected chi connectivity index (χ0v) is 16.4. The molecular weight excluding hydrogens is 412 g/mol. The van der Waals surface area contributed by atoms with Gasteiger partial charge >= 0.3 is 0 Å². The fourth-order valence-corrected chi connectivity index (χ4v) is 5.05. The van der Waals surface area contributed by atoms with Crippen LogP contribution in [0.3, 0.4) is 0 Å². The minimum absolute atomic E-state index is 0.323. The number of rotatable bonds is 3. The number of benzene rings is 2. The van der Waals surface area contributed by atoms with Gasteiger partial charge in [0.1, 0.15) is 0 Å². The van der Waals surface area contributed by atoms with E-state index in [4.69, 9.17) is 11.6 Å². The molecule has 0 unspecified atom stereocenters. The number of halogens is 2. The average Bonchev–Trinajstić information content (AvgIpc) is 2.57. The van der Waals surface area contributed by atoms with Crippen molar-refractivity contribution >= 4 is 43.2 Å². The van der Waals surface area contributed by atoms with E-state index in [2.05, 4.69) is 20.8 Å². The van der Waals surface area contributed by atoms with Crippen LogP contribution in [-0.4, -0.2) is 38.9 Å². The standard InChI is InChI=1S/C17H18BrClN2O2S/c1-13-5-6-15(19)12-17(13)20-7-9-21(10-8-20)24(22,23)16-4-2-3-14(18)11-16/h2-6,11-12H,7-10H2,1H3. The second-order valence-corrected chi connectivity index (χ2v) is 9.07. The lowest BCUT2D eigenvalue weighted by molar-refractivity contribution is 0.384. The van der Waals surface area contributed by atoms with Crippen molar-refractivity contribution in [1.29, 1.82) is 0 Å². The fraction of sp³-hybridized carbons (Fsp3) is 0.294. The fourth-order valence-electron chi connectivity index (χ4n) is 2.87. The quantitative estimate of drug-likeness (QED) is 0.742. The van der Waals surface area contributed by atoms with E-state index < -0.39 is 10.0 Å². The van der Waals surface area contributed by atoms with E-state index >= 15 is 0 Å². The van der Waals surface area contributed by atoms with Gasteiger partial charge in [0.2, 0.25) is 10.0 Å². The molecule has 24 heavy (non-hydrogen) atoms. The summed E-state index contributed by atoms with van der Waals surface area (Å²) in [4.78, 5) is 2.51. The van der Waals surface area contributed by atoms with Gasteiger partial charge in [-0.05, 0) is 42.8 Å². The first-order valence-corrected chi connectivity index (χ1v) is 10.3. The summed E-state index contributed by atoms with van der Waals surface area (Å²) in [6.07, 6.45) is 0. The molecule has 0 amide bonds. The van der Waals surface area contributed by atoms with Crippen LogP contribution in [-0.2, 0) is 10.0 Å². The highest BCUT2D eigenvalue weighted by atomic mass is 79.9. The number of hydrogen-bond donors (Lipinski definition) is 0. The third-order valence-corrected chi connectivity index (χ3v) is 6.81. The molecule has 1 aliphatic rings. The molecule has 1 aliphatic heterocycles. The summed E-state index contributed by atoms with van der Waals surface area (Å²) in [6, 6.07) is 12.6. The number of aryl methyl sites for hydroxylation is 1. The van der Waals surface area contributed by atoms with E-state index in [-0.39, 0.29) is 0 Å². The van der Waals surface area contributed by atoms with Crippen molar-refractivity contribution in [2.75, 3.05) is 31.1 Å². The van der Waals surface area contributed by atoms with Crippen molar-refractivity contribution in [2.45, 2.75) is 11.8 Å². The molecule has 128 valence electrons. The summed E-state index contributed by atoms with van der Waals surface area (Å²) in [5.41, 5.74) is 2.21. The zero-order valence-electron chi connectivity index (χ0n) is 13.2. The molecule has 0 N–H and O–H groups in total. The topological polar surface area (TPSA) is 40.6 Å². The Morgan fingerprint density at radius 1 is 1.04 bits per heavy atom. The Bertz CT molecular complexity index is 849.